The number of halogens is 2. The first kappa shape index (κ1) is 15.8. The third-order valence-corrected chi connectivity index (χ3v) is 3.96. The van der Waals surface area contributed by atoms with Gasteiger partial charge in [0.15, 0.2) is 0 Å². The van der Waals surface area contributed by atoms with E-state index in [1.54, 1.807) is 20.3 Å². The summed E-state index contributed by atoms with van der Waals surface area (Å²) < 4.78 is 10.6. The highest BCUT2D eigenvalue weighted by molar-refractivity contribution is 6.42. The van der Waals surface area contributed by atoms with Crippen LogP contribution in [0.4, 0.5) is 5.69 Å². The van der Waals surface area contributed by atoms with E-state index in [1.807, 2.05) is 37.3 Å². The van der Waals surface area contributed by atoms with E-state index in [-0.39, 0.29) is 6.04 Å². The Hall–Kier alpha value is -1.58. The van der Waals surface area contributed by atoms with Crippen LogP contribution in [0.25, 0.3) is 0 Å². The molecule has 0 saturated heterocycles. The van der Waals surface area contributed by atoms with Gasteiger partial charge in [-0.15, -0.1) is 0 Å². The Morgan fingerprint density at radius 1 is 0.952 bits per heavy atom. The molecule has 0 saturated carbocycles. The van der Waals surface area contributed by atoms with Gasteiger partial charge in [0.1, 0.15) is 11.5 Å². The van der Waals surface area contributed by atoms with Gasteiger partial charge >= 0.3 is 0 Å². The summed E-state index contributed by atoms with van der Waals surface area (Å²) in [7, 11) is 3.27. The summed E-state index contributed by atoms with van der Waals surface area (Å²) in [5.74, 6) is 1.52. The van der Waals surface area contributed by atoms with Crippen LogP contribution in [0.2, 0.25) is 10.0 Å². The third-order valence-electron chi connectivity index (χ3n) is 3.22. The molecule has 0 aliphatic rings. The normalized spacial score (nSPS) is 11.9. The number of rotatable bonds is 5. The van der Waals surface area contributed by atoms with Gasteiger partial charge in [0.25, 0.3) is 0 Å². The van der Waals surface area contributed by atoms with Crippen molar-refractivity contribution in [2.75, 3.05) is 19.5 Å². The molecule has 1 N–H and O–H groups in total. The Bertz CT molecular complexity index is 632. The van der Waals surface area contributed by atoms with Crippen molar-refractivity contribution in [1.29, 1.82) is 0 Å². The van der Waals surface area contributed by atoms with Crippen molar-refractivity contribution in [1.82, 2.24) is 0 Å². The van der Waals surface area contributed by atoms with Gasteiger partial charge < -0.3 is 14.8 Å². The minimum absolute atomic E-state index is 0.0424. The summed E-state index contributed by atoms with van der Waals surface area (Å²) in [6.07, 6.45) is 0. The molecule has 2 aromatic carbocycles. The van der Waals surface area contributed by atoms with Crippen LogP contribution in [0, 0.1) is 0 Å². The summed E-state index contributed by atoms with van der Waals surface area (Å²) in [4.78, 5) is 0. The van der Waals surface area contributed by atoms with Crippen molar-refractivity contribution < 1.29 is 9.47 Å². The van der Waals surface area contributed by atoms with Crippen LogP contribution < -0.4 is 14.8 Å². The molecule has 21 heavy (non-hydrogen) atoms. The van der Waals surface area contributed by atoms with E-state index in [1.165, 1.54) is 0 Å². The monoisotopic (exact) mass is 325 g/mol. The highest BCUT2D eigenvalue weighted by Crippen LogP contribution is 2.33. The lowest BCUT2D eigenvalue weighted by molar-refractivity contribution is 0.404. The number of ether oxygens (including phenoxy) is 2. The second-order valence-corrected chi connectivity index (χ2v) is 5.42. The molecule has 0 heterocycles. The number of hydrogen-bond donors (Lipinski definition) is 1. The molecule has 1 atom stereocenters. The quantitative estimate of drug-likeness (QED) is 0.821. The lowest BCUT2D eigenvalue weighted by Crippen LogP contribution is -2.08. The summed E-state index contributed by atoms with van der Waals surface area (Å²) in [5, 5.41) is 4.48. The summed E-state index contributed by atoms with van der Waals surface area (Å²) >= 11 is 12.0. The Labute approximate surface area is 134 Å². The predicted octanol–water partition coefficient (Wildman–Crippen LogP) is 5.18. The Balaban J connectivity index is 2.25. The topological polar surface area (TPSA) is 30.5 Å². The van der Waals surface area contributed by atoms with Gasteiger partial charge in [-0.05, 0) is 36.8 Å². The second kappa shape index (κ2) is 6.92. The van der Waals surface area contributed by atoms with Crippen LogP contribution in [-0.4, -0.2) is 14.2 Å². The Kier molecular flexibility index (Phi) is 5.21. The van der Waals surface area contributed by atoms with E-state index < -0.39 is 0 Å². The number of nitrogens with one attached hydrogen (secondary N) is 1. The molecule has 5 heteroatoms. The molecule has 0 spiro atoms. The highest BCUT2D eigenvalue weighted by Gasteiger charge is 2.11. The van der Waals surface area contributed by atoms with Gasteiger partial charge in [0.05, 0.1) is 30.0 Å². The van der Waals surface area contributed by atoms with Gasteiger partial charge in [0, 0.05) is 12.1 Å². The van der Waals surface area contributed by atoms with Crippen molar-refractivity contribution >= 4 is 28.9 Å². The molecule has 0 aliphatic carbocycles. The molecule has 0 amide bonds. The number of anilines is 1. The average Bonchev–Trinajstić information content (AvgIpc) is 2.49. The fourth-order valence-electron chi connectivity index (χ4n) is 2.03. The van der Waals surface area contributed by atoms with E-state index in [4.69, 9.17) is 32.7 Å². The standard InChI is InChI=1S/C16H17Cl2NO2/c1-10(11-4-6-13(17)14(18)8-11)19-15-9-12(20-2)5-7-16(15)21-3/h4-10,19H,1-3H3. The zero-order valence-electron chi connectivity index (χ0n) is 12.1. The molecule has 3 nitrogen and oxygen atoms in total. The van der Waals surface area contributed by atoms with E-state index in [9.17, 15) is 0 Å². The van der Waals surface area contributed by atoms with Crippen LogP contribution in [-0.2, 0) is 0 Å². The lowest BCUT2D eigenvalue weighted by atomic mass is 10.1. The Morgan fingerprint density at radius 2 is 1.71 bits per heavy atom. The van der Waals surface area contributed by atoms with Gasteiger partial charge in [0.2, 0.25) is 0 Å². The number of methoxy groups -OCH3 is 2. The lowest BCUT2D eigenvalue weighted by Gasteiger charge is -2.19. The molecule has 2 rings (SSSR count). The maximum Gasteiger partial charge on any atom is 0.142 e. The van der Waals surface area contributed by atoms with Crippen LogP contribution >= 0.6 is 23.2 Å². The highest BCUT2D eigenvalue weighted by atomic mass is 35.5. The fraction of sp³-hybridized carbons (Fsp3) is 0.250. The average molecular weight is 326 g/mol. The zero-order valence-corrected chi connectivity index (χ0v) is 13.6. The van der Waals surface area contributed by atoms with Crippen molar-refractivity contribution in [2.45, 2.75) is 13.0 Å². The fourth-order valence-corrected chi connectivity index (χ4v) is 2.33. The zero-order chi connectivity index (χ0) is 15.4. The molecule has 0 radical (unpaired) electrons. The predicted molar refractivity (Wildman–Crippen MR) is 88.0 cm³/mol. The molecular formula is C16H17Cl2NO2. The van der Waals surface area contributed by atoms with Crippen molar-refractivity contribution in [3.63, 3.8) is 0 Å². The SMILES string of the molecule is COc1ccc(OC)c(NC(C)c2ccc(Cl)c(Cl)c2)c1. The molecule has 0 aliphatic heterocycles. The van der Waals surface area contributed by atoms with Crippen LogP contribution in [0.5, 0.6) is 11.5 Å². The van der Waals surface area contributed by atoms with Crippen LogP contribution in [0.3, 0.4) is 0 Å². The van der Waals surface area contributed by atoms with Crippen LogP contribution in [0.15, 0.2) is 36.4 Å². The molecule has 1 unspecified atom stereocenters. The first-order valence-corrected chi connectivity index (χ1v) is 7.24. The van der Waals surface area contributed by atoms with Crippen molar-refractivity contribution in [3.8, 4) is 11.5 Å². The van der Waals surface area contributed by atoms with Gasteiger partial charge in [-0.25, -0.2) is 0 Å². The van der Waals surface area contributed by atoms with Crippen molar-refractivity contribution in [2.24, 2.45) is 0 Å². The third kappa shape index (κ3) is 3.74. The van der Waals surface area contributed by atoms with E-state index in [2.05, 4.69) is 5.32 Å². The molecule has 2 aromatic rings. The Morgan fingerprint density at radius 3 is 2.33 bits per heavy atom. The molecule has 0 fully saturated rings. The van der Waals surface area contributed by atoms with Gasteiger partial charge in [-0.3, -0.25) is 0 Å². The van der Waals surface area contributed by atoms with E-state index in [0.29, 0.717) is 10.0 Å². The van der Waals surface area contributed by atoms with E-state index in [0.717, 1.165) is 22.7 Å². The van der Waals surface area contributed by atoms with E-state index >= 15 is 0 Å². The van der Waals surface area contributed by atoms with Crippen molar-refractivity contribution in [3.05, 3.63) is 52.0 Å². The minimum atomic E-state index is 0.0424. The largest absolute Gasteiger partial charge is 0.497 e. The summed E-state index contributed by atoms with van der Waals surface area (Å²) in [6.45, 7) is 2.04. The first-order chi connectivity index (χ1) is 10.0. The molecule has 0 bridgehead atoms. The maximum absolute atomic E-state index is 6.06. The minimum Gasteiger partial charge on any atom is -0.497 e. The summed E-state index contributed by atoms with van der Waals surface area (Å²) in [6, 6.07) is 11.2. The maximum atomic E-state index is 6.06. The number of benzene rings is 2. The molecule has 0 aromatic heterocycles. The summed E-state index contributed by atoms with van der Waals surface area (Å²) in [5.41, 5.74) is 1.89. The molecule has 112 valence electrons. The number of hydrogen-bond acceptors (Lipinski definition) is 3. The first-order valence-electron chi connectivity index (χ1n) is 6.48. The van der Waals surface area contributed by atoms with Gasteiger partial charge in [-0.2, -0.15) is 0 Å². The second-order valence-electron chi connectivity index (χ2n) is 4.61. The molecular weight excluding hydrogens is 309 g/mol. The van der Waals surface area contributed by atoms with Crippen LogP contribution in [0.1, 0.15) is 18.5 Å². The smallest absolute Gasteiger partial charge is 0.142 e. The van der Waals surface area contributed by atoms with Gasteiger partial charge in [-0.1, -0.05) is 29.3 Å².